The highest BCUT2D eigenvalue weighted by molar-refractivity contribution is 14.1. The largest absolute Gasteiger partial charge is 0.490 e. The fourth-order valence-electron chi connectivity index (χ4n) is 3.56. The van der Waals surface area contributed by atoms with E-state index in [0.717, 1.165) is 28.2 Å². The monoisotopic (exact) mass is 600 g/mol. The van der Waals surface area contributed by atoms with Crippen LogP contribution in [0.5, 0.6) is 11.5 Å². The zero-order valence-corrected chi connectivity index (χ0v) is 21.7. The summed E-state index contributed by atoms with van der Waals surface area (Å²) >= 11 is 2.10. The van der Waals surface area contributed by atoms with Crippen LogP contribution in [0.2, 0.25) is 0 Å². The van der Waals surface area contributed by atoms with Crippen molar-refractivity contribution in [1.29, 1.82) is 0 Å². The molecule has 184 valence electrons. The van der Waals surface area contributed by atoms with Crippen LogP contribution in [0, 0.1) is 16.3 Å². The Balaban J connectivity index is 1.65. The van der Waals surface area contributed by atoms with Gasteiger partial charge in [-0.1, -0.05) is 29.8 Å². The van der Waals surface area contributed by atoms with Crippen LogP contribution in [-0.4, -0.2) is 24.5 Å². The minimum Gasteiger partial charge on any atom is -0.490 e. The lowest BCUT2D eigenvalue weighted by atomic mass is 10.1. The number of benzene rings is 3. The number of urea groups is 1. The summed E-state index contributed by atoms with van der Waals surface area (Å²) in [5.41, 5.74) is 2.56. The number of hydrogen-bond donors (Lipinski definition) is 1. The molecule has 4 amide bonds. The van der Waals surface area contributed by atoms with Crippen LogP contribution in [0.1, 0.15) is 23.6 Å². The molecule has 3 aromatic rings. The molecule has 1 fully saturated rings. The molecule has 1 heterocycles. The van der Waals surface area contributed by atoms with Crippen molar-refractivity contribution in [3.05, 3.63) is 92.3 Å². The van der Waals surface area contributed by atoms with E-state index in [-0.39, 0.29) is 11.3 Å². The summed E-state index contributed by atoms with van der Waals surface area (Å²) in [5.74, 6) is -1.15. The van der Waals surface area contributed by atoms with E-state index >= 15 is 0 Å². The molecule has 9 heteroatoms. The summed E-state index contributed by atoms with van der Waals surface area (Å²) < 4.78 is 25.9. The Hall–Kier alpha value is -3.73. The van der Waals surface area contributed by atoms with E-state index in [2.05, 4.69) is 27.9 Å². The lowest BCUT2D eigenvalue weighted by Gasteiger charge is -2.26. The van der Waals surface area contributed by atoms with Crippen molar-refractivity contribution in [3.63, 3.8) is 0 Å². The maximum Gasteiger partial charge on any atom is 0.335 e. The molecular weight excluding hydrogens is 578 g/mol. The lowest BCUT2D eigenvalue weighted by molar-refractivity contribution is -0.122. The number of nitrogens with zero attached hydrogens (tertiary/aromatic N) is 1. The van der Waals surface area contributed by atoms with Gasteiger partial charge in [0.05, 0.1) is 15.9 Å². The van der Waals surface area contributed by atoms with Gasteiger partial charge in [0.1, 0.15) is 18.0 Å². The molecule has 0 atom stereocenters. The number of amides is 4. The molecule has 0 unspecified atom stereocenters. The van der Waals surface area contributed by atoms with Crippen LogP contribution in [-0.2, 0) is 16.2 Å². The molecule has 1 saturated heterocycles. The summed E-state index contributed by atoms with van der Waals surface area (Å²) in [6.45, 7) is 4.57. The van der Waals surface area contributed by atoms with Gasteiger partial charge in [0.15, 0.2) is 11.5 Å². The minimum atomic E-state index is -0.904. The molecule has 1 aliphatic rings. The third-order valence-electron chi connectivity index (χ3n) is 5.33. The van der Waals surface area contributed by atoms with Crippen LogP contribution in [0.15, 0.2) is 66.2 Å². The van der Waals surface area contributed by atoms with E-state index in [1.54, 1.807) is 12.1 Å². The van der Waals surface area contributed by atoms with Crippen LogP contribution < -0.4 is 19.7 Å². The quantitative estimate of drug-likeness (QED) is 0.224. The molecule has 1 N–H and O–H groups in total. The Morgan fingerprint density at radius 2 is 1.69 bits per heavy atom. The maximum atomic E-state index is 13.3. The first kappa shape index (κ1) is 25.4. The molecule has 0 aromatic heterocycles. The maximum absolute atomic E-state index is 13.3. The highest BCUT2D eigenvalue weighted by Crippen LogP contribution is 2.36. The van der Waals surface area contributed by atoms with E-state index < -0.39 is 23.7 Å². The number of carbonyl (C=O) groups is 3. The van der Waals surface area contributed by atoms with Crippen molar-refractivity contribution in [1.82, 2.24) is 5.32 Å². The third kappa shape index (κ3) is 5.56. The number of aryl methyl sites for hydroxylation is 1. The molecule has 0 aliphatic carbocycles. The van der Waals surface area contributed by atoms with Gasteiger partial charge in [-0.05, 0) is 90.0 Å². The number of halogens is 2. The van der Waals surface area contributed by atoms with Gasteiger partial charge in [0.25, 0.3) is 11.8 Å². The van der Waals surface area contributed by atoms with Crippen molar-refractivity contribution in [2.75, 3.05) is 11.5 Å². The van der Waals surface area contributed by atoms with Crippen molar-refractivity contribution >= 4 is 52.2 Å². The number of carbonyl (C=O) groups excluding carboxylic acids is 3. The number of imide groups is 2. The molecule has 36 heavy (non-hydrogen) atoms. The predicted octanol–water partition coefficient (Wildman–Crippen LogP) is 5.38. The summed E-state index contributed by atoms with van der Waals surface area (Å²) in [4.78, 5) is 38.8. The number of barbiturate groups is 1. The minimum absolute atomic E-state index is 0.140. The second-order valence-electron chi connectivity index (χ2n) is 7.97. The van der Waals surface area contributed by atoms with E-state index in [4.69, 9.17) is 9.47 Å². The highest BCUT2D eigenvalue weighted by Gasteiger charge is 2.36. The van der Waals surface area contributed by atoms with Gasteiger partial charge in [-0.15, -0.1) is 0 Å². The first-order chi connectivity index (χ1) is 17.3. The number of rotatable bonds is 7. The van der Waals surface area contributed by atoms with Gasteiger partial charge >= 0.3 is 6.03 Å². The van der Waals surface area contributed by atoms with Crippen molar-refractivity contribution in [3.8, 4) is 11.5 Å². The number of hydrogen-bond acceptors (Lipinski definition) is 5. The third-order valence-corrected chi connectivity index (χ3v) is 6.13. The molecule has 4 rings (SSSR count). The number of nitrogens with one attached hydrogen (secondary N) is 1. The average Bonchev–Trinajstić information content (AvgIpc) is 2.83. The van der Waals surface area contributed by atoms with Crippen molar-refractivity contribution in [2.24, 2.45) is 0 Å². The molecule has 1 aliphatic heterocycles. The van der Waals surface area contributed by atoms with E-state index in [0.29, 0.717) is 33.8 Å². The van der Waals surface area contributed by atoms with Crippen molar-refractivity contribution < 1.29 is 28.2 Å². The normalized spacial score (nSPS) is 14.7. The molecule has 3 aromatic carbocycles. The fourth-order valence-corrected chi connectivity index (χ4v) is 4.34. The Kier molecular flexibility index (Phi) is 7.68. The lowest BCUT2D eigenvalue weighted by Crippen LogP contribution is -2.54. The van der Waals surface area contributed by atoms with Gasteiger partial charge < -0.3 is 9.47 Å². The van der Waals surface area contributed by atoms with Crippen LogP contribution in [0.3, 0.4) is 0 Å². The summed E-state index contributed by atoms with van der Waals surface area (Å²) in [6.07, 6.45) is 1.38. The zero-order chi connectivity index (χ0) is 25.8. The first-order valence-corrected chi connectivity index (χ1v) is 12.2. The molecule has 0 bridgehead atoms. The molecule has 0 radical (unpaired) electrons. The van der Waals surface area contributed by atoms with E-state index in [1.165, 1.54) is 18.2 Å². The zero-order valence-electron chi connectivity index (χ0n) is 19.5. The van der Waals surface area contributed by atoms with Gasteiger partial charge in [-0.2, -0.15) is 0 Å². The number of ether oxygens (including phenoxy) is 2. The molecule has 0 saturated carbocycles. The fraction of sp³-hybridized carbons (Fsp3) is 0.148. The Bertz CT molecular complexity index is 1350. The van der Waals surface area contributed by atoms with Crippen LogP contribution >= 0.6 is 22.6 Å². The van der Waals surface area contributed by atoms with Gasteiger partial charge in [0.2, 0.25) is 0 Å². The topological polar surface area (TPSA) is 84.9 Å². The summed E-state index contributed by atoms with van der Waals surface area (Å²) in [5, 5.41) is 2.16. The van der Waals surface area contributed by atoms with Gasteiger partial charge in [-0.3, -0.25) is 14.9 Å². The van der Waals surface area contributed by atoms with Gasteiger partial charge in [0, 0.05) is 0 Å². The Labute approximate surface area is 221 Å². The highest BCUT2D eigenvalue weighted by atomic mass is 127. The smallest absolute Gasteiger partial charge is 0.335 e. The predicted molar refractivity (Wildman–Crippen MR) is 141 cm³/mol. The molecule has 7 nitrogen and oxygen atoms in total. The SMILES string of the molecule is CCOc1cc(/C=C2\C(=O)NC(=O)N(c3ccc(F)cc3)C2=O)cc(I)c1OCc1ccc(C)cc1. The van der Waals surface area contributed by atoms with Crippen LogP contribution in [0.4, 0.5) is 14.9 Å². The summed E-state index contributed by atoms with van der Waals surface area (Å²) in [7, 11) is 0. The molecule has 0 spiro atoms. The molecular formula is C27H22FIN2O5. The van der Waals surface area contributed by atoms with Crippen molar-refractivity contribution in [2.45, 2.75) is 20.5 Å². The summed E-state index contributed by atoms with van der Waals surface area (Å²) in [6, 6.07) is 15.3. The van der Waals surface area contributed by atoms with Crippen LogP contribution in [0.25, 0.3) is 6.08 Å². The number of anilines is 1. The Morgan fingerprint density at radius 3 is 2.36 bits per heavy atom. The van der Waals surface area contributed by atoms with E-state index in [9.17, 15) is 18.8 Å². The average molecular weight is 600 g/mol. The first-order valence-electron chi connectivity index (χ1n) is 11.1. The standard InChI is InChI=1S/C27H22FIN2O5/c1-3-35-23-14-18(13-22(29)24(23)36-15-17-6-4-16(2)5-7-17)12-21-25(32)30-27(34)31(26(21)33)20-10-8-19(28)9-11-20/h4-14H,3,15H2,1-2H3,(H,30,32,34)/b21-12+. The second-order valence-corrected chi connectivity index (χ2v) is 9.13. The van der Waals surface area contributed by atoms with E-state index in [1.807, 2.05) is 38.1 Å². The Morgan fingerprint density at radius 1 is 1.00 bits per heavy atom. The van der Waals surface area contributed by atoms with Gasteiger partial charge in [-0.25, -0.2) is 14.1 Å². The second kappa shape index (κ2) is 10.9.